The van der Waals surface area contributed by atoms with Gasteiger partial charge in [-0.1, -0.05) is 19.9 Å². The molecule has 0 bridgehead atoms. The van der Waals surface area contributed by atoms with Gasteiger partial charge in [-0.05, 0) is 50.4 Å². The minimum atomic E-state index is -0.143. The van der Waals surface area contributed by atoms with Crippen molar-refractivity contribution in [3.63, 3.8) is 0 Å². The van der Waals surface area contributed by atoms with Gasteiger partial charge in [0.25, 0.3) is 0 Å². The lowest BCUT2D eigenvalue weighted by Crippen LogP contribution is -2.34. The molecule has 0 saturated heterocycles. The molecule has 0 heterocycles. The fourth-order valence-corrected chi connectivity index (χ4v) is 2.09. The maximum absolute atomic E-state index is 14.2. The summed E-state index contributed by atoms with van der Waals surface area (Å²) in [5, 5.41) is 0. The summed E-state index contributed by atoms with van der Waals surface area (Å²) in [5.74, 6) is 0.366. The Kier molecular flexibility index (Phi) is 5.60. The molecular formula is C15H25FN2. The number of rotatable bonds is 6. The van der Waals surface area contributed by atoms with Crippen molar-refractivity contribution in [3.05, 3.63) is 29.6 Å². The van der Waals surface area contributed by atoms with Crippen molar-refractivity contribution in [2.45, 2.75) is 40.2 Å². The molecule has 0 amide bonds. The van der Waals surface area contributed by atoms with Crippen LogP contribution in [0.3, 0.4) is 0 Å². The first-order chi connectivity index (χ1) is 8.45. The largest absolute Gasteiger partial charge is 0.366 e. The maximum atomic E-state index is 14.2. The highest BCUT2D eigenvalue weighted by Crippen LogP contribution is 2.23. The molecule has 2 nitrogen and oxygen atoms in total. The number of hydrogen-bond acceptors (Lipinski definition) is 2. The molecule has 0 saturated carbocycles. The minimum absolute atomic E-state index is 0.143. The van der Waals surface area contributed by atoms with Crippen molar-refractivity contribution < 1.29 is 4.39 Å². The Labute approximate surface area is 110 Å². The Morgan fingerprint density at radius 2 is 1.89 bits per heavy atom. The van der Waals surface area contributed by atoms with Gasteiger partial charge in [-0.15, -0.1) is 0 Å². The number of nitrogens with zero attached hydrogens (tertiary/aromatic N) is 1. The van der Waals surface area contributed by atoms with Crippen LogP contribution >= 0.6 is 0 Å². The molecule has 0 fully saturated rings. The van der Waals surface area contributed by atoms with E-state index in [1.165, 1.54) is 0 Å². The zero-order valence-electron chi connectivity index (χ0n) is 11.9. The minimum Gasteiger partial charge on any atom is -0.366 e. The summed E-state index contributed by atoms with van der Waals surface area (Å²) in [5.41, 5.74) is 7.15. The summed E-state index contributed by atoms with van der Waals surface area (Å²) < 4.78 is 14.2. The molecule has 0 radical (unpaired) electrons. The third kappa shape index (κ3) is 3.98. The molecule has 0 spiro atoms. The molecule has 0 aliphatic rings. The summed E-state index contributed by atoms with van der Waals surface area (Å²) in [4.78, 5) is 2.12. The highest BCUT2D eigenvalue weighted by Gasteiger charge is 2.16. The number of halogens is 1. The molecule has 0 aromatic heterocycles. The van der Waals surface area contributed by atoms with E-state index in [0.29, 0.717) is 24.2 Å². The average molecular weight is 252 g/mol. The van der Waals surface area contributed by atoms with E-state index >= 15 is 0 Å². The van der Waals surface area contributed by atoms with E-state index in [0.717, 1.165) is 18.5 Å². The first-order valence-electron chi connectivity index (χ1n) is 6.70. The second kappa shape index (κ2) is 6.74. The highest BCUT2D eigenvalue weighted by atomic mass is 19.1. The molecule has 2 N–H and O–H groups in total. The third-order valence-electron chi connectivity index (χ3n) is 2.94. The molecule has 0 unspecified atom stereocenters. The predicted octanol–water partition coefficient (Wildman–Crippen LogP) is 3.20. The van der Waals surface area contributed by atoms with Crippen molar-refractivity contribution in [2.75, 3.05) is 18.0 Å². The van der Waals surface area contributed by atoms with Crippen LogP contribution in [0.15, 0.2) is 18.2 Å². The molecular weight excluding hydrogens is 227 g/mol. The van der Waals surface area contributed by atoms with E-state index in [1.54, 1.807) is 6.07 Å². The second-order valence-electron chi connectivity index (χ2n) is 5.46. The Morgan fingerprint density at radius 1 is 1.22 bits per heavy atom. The lowest BCUT2D eigenvalue weighted by atomic mass is 10.1. The monoisotopic (exact) mass is 252 g/mol. The van der Waals surface area contributed by atoms with Gasteiger partial charge < -0.3 is 10.6 Å². The van der Waals surface area contributed by atoms with E-state index < -0.39 is 0 Å². The fraction of sp³-hybridized carbons (Fsp3) is 0.600. The van der Waals surface area contributed by atoms with Crippen LogP contribution in [-0.2, 0) is 6.42 Å². The summed E-state index contributed by atoms with van der Waals surface area (Å²) in [6.45, 7) is 9.90. The molecule has 0 aliphatic heterocycles. The van der Waals surface area contributed by atoms with Crippen LogP contribution in [0.25, 0.3) is 0 Å². The zero-order valence-corrected chi connectivity index (χ0v) is 11.9. The molecule has 1 aromatic rings. The summed E-state index contributed by atoms with van der Waals surface area (Å²) in [6, 6.07) is 5.75. The van der Waals surface area contributed by atoms with E-state index in [-0.39, 0.29) is 5.82 Å². The molecule has 3 heteroatoms. The smallest absolute Gasteiger partial charge is 0.146 e. The zero-order chi connectivity index (χ0) is 13.7. The van der Waals surface area contributed by atoms with Crippen molar-refractivity contribution in [3.8, 4) is 0 Å². The van der Waals surface area contributed by atoms with Crippen molar-refractivity contribution in [2.24, 2.45) is 11.7 Å². The van der Waals surface area contributed by atoms with Crippen molar-refractivity contribution in [1.29, 1.82) is 0 Å². The molecule has 0 aliphatic carbocycles. The van der Waals surface area contributed by atoms with Crippen LogP contribution in [0.5, 0.6) is 0 Å². The molecule has 18 heavy (non-hydrogen) atoms. The first kappa shape index (κ1) is 15.0. The normalized spacial score (nSPS) is 11.3. The number of hydrogen-bond donors (Lipinski definition) is 1. The first-order valence-corrected chi connectivity index (χ1v) is 6.70. The lowest BCUT2D eigenvalue weighted by molar-refractivity contribution is 0.549. The van der Waals surface area contributed by atoms with E-state index in [4.69, 9.17) is 5.73 Å². The van der Waals surface area contributed by atoms with Gasteiger partial charge in [0.15, 0.2) is 0 Å². The quantitative estimate of drug-likeness (QED) is 0.842. The van der Waals surface area contributed by atoms with Gasteiger partial charge >= 0.3 is 0 Å². The SMILES string of the molecule is CC(C)CN(c1ccc(CCN)cc1F)C(C)C. The number of benzene rings is 1. The van der Waals surface area contributed by atoms with Crippen molar-refractivity contribution >= 4 is 5.69 Å². The average Bonchev–Trinajstić information content (AvgIpc) is 2.26. The standard InChI is InChI=1S/C15H25FN2/c1-11(2)10-18(12(3)4)15-6-5-13(7-8-17)9-14(15)16/h5-6,9,11-12H,7-8,10,17H2,1-4H3. The lowest BCUT2D eigenvalue weighted by Gasteiger charge is -2.31. The van der Waals surface area contributed by atoms with Crippen molar-refractivity contribution in [1.82, 2.24) is 0 Å². The second-order valence-corrected chi connectivity index (χ2v) is 5.46. The topological polar surface area (TPSA) is 29.3 Å². The van der Waals surface area contributed by atoms with E-state index in [1.807, 2.05) is 12.1 Å². The van der Waals surface area contributed by atoms with Crippen LogP contribution in [0.1, 0.15) is 33.3 Å². The van der Waals surface area contributed by atoms with Gasteiger partial charge in [0.1, 0.15) is 5.82 Å². The summed E-state index contributed by atoms with van der Waals surface area (Å²) in [7, 11) is 0. The highest BCUT2D eigenvalue weighted by molar-refractivity contribution is 5.50. The van der Waals surface area contributed by atoms with E-state index in [2.05, 4.69) is 32.6 Å². The number of anilines is 1. The Hall–Kier alpha value is -1.09. The Bertz CT molecular complexity index is 375. The summed E-state index contributed by atoms with van der Waals surface area (Å²) >= 11 is 0. The van der Waals surface area contributed by atoms with Gasteiger partial charge in [0.05, 0.1) is 5.69 Å². The molecule has 1 aromatic carbocycles. The molecule has 1 rings (SSSR count). The molecule has 102 valence electrons. The van der Waals surface area contributed by atoms with Gasteiger partial charge in [-0.3, -0.25) is 0 Å². The maximum Gasteiger partial charge on any atom is 0.146 e. The Morgan fingerprint density at radius 3 is 2.33 bits per heavy atom. The third-order valence-corrected chi connectivity index (χ3v) is 2.94. The van der Waals surface area contributed by atoms with Crippen LogP contribution in [-0.4, -0.2) is 19.1 Å². The molecule has 0 atom stereocenters. The predicted molar refractivity (Wildman–Crippen MR) is 76.5 cm³/mol. The van der Waals surface area contributed by atoms with Gasteiger partial charge in [0, 0.05) is 12.6 Å². The summed E-state index contributed by atoms with van der Waals surface area (Å²) in [6.07, 6.45) is 0.725. The fourth-order valence-electron chi connectivity index (χ4n) is 2.09. The van der Waals surface area contributed by atoms with Gasteiger partial charge in [0.2, 0.25) is 0 Å². The van der Waals surface area contributed by atoms with Crippen LogP contribution in [0.4, 0.5) is 10.1 Å². The van der Waals surface area contributed by atoms with Gasteiger partial charge in [-0.25, -0.2) is 4.39 Å². The Balaban J connectivity index is 2.98. The number of nitrogens with two attached hydrogens (primary N) is 1. The van der Waals surface area contributed by atoms with Crippen LogP contribution in [0, 0.1) is 11.7 Å². The van der Waals surface area contributed by atoms with Crippen LogP contribution in [0.2, 0.25) is 0 Å². The van der Waals surface area contributed by atoms with E-state index in [9.17, 15) is 4.39 Å². The van der Waals surface area contributed by atoms with Gasteiger partial charge in [-0.2, -0.15) is 0 Å². The van der Waals surface area contributed by atoms with Crippen LogP contribution < -0.4 is 10.6 Å².